The number of hydrogen-bond donors (Lipinski definition) is 3. The zero-order valence-electron chi connectivity index (χ0n) is 22.5. The average Bonchev–Trinajstić information content (AvgIpc) is 3.13. The summed E-state index contributed by atoms with van der Waals surface area (Å²) in [4.78, 5) is 28.8. The number of halogens is 3. The van der Waals surface area contributed by atoms with Crippen LogP contribution in [-0.2, 0) is 22.9 Å². The molecule has 4 aliphatic rings. The van der Waals surface area contributed by atoms with Crippen molar-refractivity contribution in [3.8, 4) is 5.75 Å². The minimum atomic E-state index is -4.69. The monoisotopic (exact) mass is 558 g/mol. The molecule has 0 radical (unpaired) electrons. The van der Waals surface area contributed by atoms with Gasteiger partial charge >= 0.3 is 12.2 Å². The third-order valence-corrected chi connectivity index (χ3v) is 8.83. The molecule has 214 valence electrons. The number of aliphatic hydroxyl groups is 1. The van der Waals surface area contributed by atoms with Crippen LogP contribution < -0.4 is 20.3 Å². The third kappa shape index (κ3) is 4.58. The van der Waals surface area contributed by atoms with Gasteiger partial charge in [-0.25, -0.2) is 4.79 Å². The number of nitrogens with zero attached hydrogens (tertiary/aromatic N) is 2. The normalized spacial score (nSPS) is 25.6. The Morgan fingerprint density at radius 1 is 1.12 bits per heavy atom. The zero-order valence-corrected chi connectivity index (χ0v) is 22.5. The Bertz CT molecular complexity index is 1360. The van der Waals surface area contributed by atoms with E-state index in [0.717, 1.165) is 27.8 Å². The Morgan fingerprint density at radius 2 is 1.85 bits per heavy atom. The number of anilines is 2. The Hall–Kier alpha value is -3.31. The molecule has 3 amide bonds. The molecule has 0 atom stereocenters. The number of benzene rings is 2. The standard InChI is InChI=1S/C29H33F3N4O4/c1-17-3-4-23-21(11-17)28(25(37)34-23)5-7-35(8-6-28)9-10-40-20-12-18-16-33-26(38)36(19-14-27(2,39)15-19)24(18)22(13-20)29(30,31)32/h3-4,11-13,19,39H,5-10,14-16H2,1-2H3,(H,33,38)(H,34,37). The van der Waals surface area contributed by atoms with E-state index in [2.05, 4.69) is 21.6 Å². The number of amides is 3. The molecular weight excluding hydrogens is 525 g/mol. The molecule has 2 aromatic carbocycles. The van der Waals surface area contributed by atoms with Gasteiger partial charge in [-0.05, 0) is 81.9 Å². The van der Waals surface area contributed by atoms with Crippen LogP contribution in [0.15, 0.2) is 30.3 Å². The van der Waals surface area contributed by atoms with Gasteiger partial charge in [0.2, 0.25) is 5.91 Å². The van der Waals surface area contributed by atoms with Crippen molar-refractivity contribution in [2.45, 2.75) is 69.3 Å². The molecule has 1 saturated heterocycles. The zero-order chi connectivity index (χ0) is 28.4. The predicted molar refractivity (Wildman–Crippen MR) is 142 cm³/mol. The Balaban J connectivity index is 1.14. The van der Waals surface area contributed by atoms with Crippen molar-refractivity contribution in [3.63, 3.8) is 0 Å². The number of likely N-dealkylation sites (tertiary alicyclic amines) is 1. The summed E-state index contributed by atoms with van der Waals surface area (Å²) < 4.78 is 48.5. The van der Waals surface area contributed by atoms with Gasteiger partial charge in [-0.2, -0.15) is 13.2 Å². The van der Waals surface area contributed by atoms with E-state index in [4.69, 9.17) is 4.74 Å². The summed E-state index contributed by atoms with van der Waals surface area (Å²) in [6, 6.07) is 7.43. The number of urea groups is 1. The van der Waals surface area contributed by atoms with E-state index in [1.165, 1.54) is 0 Å². The highest BCUT2D eigenvalue weighted by molar-refractivity contribution is 6.06. The van der Waals surface area contributed by atoms with E-state index in [0.29, 0.717) is 38.0 Å². The van der Waals surface area contributed by atoms with Crippen molar-refractivity contribution in [1.82, 2.24) is 10.2 Å². The minimum Gasteiger partial charge on any atom is -0.492 e. The second-order valence-electron chi connectivity index (χ2n) is 11.8. The van der Waals surface area contributed by atoms with Crippen molar-refractivity contribution in [2.24, 2.45) is 0 Å². The van der Waals surface area contributed by atoms with Gasteiger partial charge in [0.15, 0.2) is 0 Å². The maximum atomic E-state index is 14.2. The van der Waals surface area contributed by atoms with E-state index in [1.54, 1.807) is 13.0 Å². The molecule has 3 heterocycles. The number of piperidine rings is 1. The Kier molecular flexibility index (Phi) is 6.30. The number of nitrogens with one attached hydrogen (secondary N) is 2. The Morgan fingerprint density at radius 3 is 2.52 bits per heavy atom. The fraction of sp³-hybridized carbons (Fsp3) is 0.517. The van der Waals surface area contributed by atoms with Crippen molar-refractivity contribution in [2.75, 3.05) is 36.5 Å². The van der Waals surface area contributed by atoms with Crippen LogP contribution in [0.1, 0.15) is 54.9 Å². The van der Waals surface area contributed by atoms with Crippen LogP contribution in [0.5, 0.6) is 5.75 Å². The van der Waals surface area contributed by atoms with Crippen molar-refractivity contribution in [1.29, 1.82) is 0 Å². The summed E-state index contributed by atoms with van der Waals surface area (Å²) in [5, 5.41) is 15.8. The molecule has 8 nitrogen and oxygen atoms in total. The molecule has 0 bridgehead atoms. The van der Waals surface area contributed by atoms with Crippen LogP contribution in [0.25, 0.3) is 0 Å². The first-order chi connectivity index (χ1) is 18.9. The van der Waals surface area contributed by atoms with Crippen molar-refractivity contribution < 1.29 is 32.6 Å². The number of ether oxygens (including phenoxy) is 1. The first kappa shape index (κ1) is 26.9. The van der Waals surface area contributed by atoms with Crippen molar-refractivity contribution in [3.05, 3.63) is 52.6 Å². The van der Waals surface area contributed by atoms with Crippen LogP contribution in [0.4, 0.5) is 29.3 Å². The summed E-state index contributed by atoms with van der Waals surface area (Å²) in [5.41, 5.74) is 0.753. The highest BCUT2D eigenvalue weighted by Crippen LogP contribution is 2.47. The van der Waals surface area contributed by atoms with Gasteiger partial charge in [0.1, 0.15) is 12.4 Å². The van der Waals surface area contributed by atoms with Crippen LogP contribution >= 0.6 is 0 Å². The number of carbonyl (C=O) groups is 2. The largest absolute Gasteiger partial charge is 0.492 e. The van der Waals surface area contributed by atoms with Gasteiger partial charge in [0, 0.05) is 24.8 Å². The van der Waals surface area contributed by atoms with Gasteiger partial charge in [-0.15, -0.1) is 0 Å². The molecule has 3 N–H and O–H groups in total. The van der Waals surface area contributed by atoms with E-state index >= 15 is 0 Å². The van der Waals surface area contributed by atoms with Gasteiger partial charge in [0.05, 0.1) is 22.3 Å². The van der Waals surface area contributed by atoms with Crippen molar-refractivity contribution >= 4 is 23.3 Å². The summed E-state index contributed by atoms with van der Waals surface area (Å²) in [6.07, 6.45) is -2.95. The number of alkyl halides is 3. The summed E-state index contributed by atoms with van der Waals surface area (Å²) in [6.45, 7) is 5.63. The van der Waals surface area contributed by atoms with Crippen LogP contribution in [-0.4, -0.2) is 59.8 Å². The van der Waals surface area contributed by atoms with Gasteiger partial charge in [-0.1, -0.05) is 17.7 Å². The Labute approximate surface area is 230 Å². The molecule has 0 aromatic heterocycles. The maximum absolute atomic E-state index is 14.2. The molecule has 0 unspecified atom stereocenters. The highest BCUT2D eigenvalue weighted by Gasteiger charge is 2.49. The maximum Gasteiger partial charge on any atom is 0.418 e. The fourth-order valence-corrected chi connectivity index (χ4v) is 6.70. The molecule has 11 heteroatoms. The van der Waals surface area contributed by atoms with Crippen LogP contribution in [0.3, 0.4) is 0 Å². The minimum absolute atomic E-state index is 0.0318. The lowest BCUT2D eigenvalue weighted by molar-refractivity contribution is -0.137. The van der Waals surface area contributed by atoms with Gasteiger partial charge < -0.3 is 20.5 Å². The first-order valence-electron chi connectivity index (χ1n) is 13.7. The van der Waals surface area contributed by atoms with Crippen LogP contribution in [0.2, 0.25) is 0 Å². The second-order valence-corrected chi connectivity index (χ2v) is 11.8. The summed E-state index contributed by atoms with van der Waals surface area (Å²) in [7, 11) is 0. The topological polar surface area (TPSA) is 94.1 Å². The molecule has 40 heavy (non-hydrogen) atoms. The van der Waals surface area contributed by atoms with E-state index in [9.17, 15) is 27.9 Å². The predicted octanol–water partition coefficient (Wildman–Crippen LogP) is 4.32. The molecule has 1 aliphatic carbocycles. The van der Waals surface area contributed by atoms with Gasteiger partial charge in [-0.3, -0.25) is 14.6 Å². The summed E-state index contributed by atoms with van der Waals surface area (Å²) >= 11 is 0. The first-order valence-corrected chi connectivity index (χ1v) is 13.7. The lowest BCUT2D eigenvalue weighted by Crippen LogP contribution is -2.59. The molecule has 1 saturated carbocycles. The molecular formula is C29H33F3N4O4. The molecule has 2 fully saturated rings. The number of rotatable bonds is 5. The summed E-state index contributed by atoms with van der Waals surface area (Å²) in [5.74, 6) is 0.125. The molecule has 2 aromatic rings. The van der Waals surface area contributed by atoms with E-state index in [1.807, 2.05) is 19.1 Å². The smallest absolute Gasteiger partial charge is 0.418 e. The molecule has 3 aliphatic heterocycles. The number of carbonyl (C=O) groups excluding carboxylic acids is 2. The molecule has 1 spiro atoms. The average molecular weight is 559 g/mol. The lowest BCUT2D eigenvalue weighted by Gasteiger charge is -2.48. The van der Waals surface area contributed by atoms with Crippen LogP contribution in [0, 0.1) is 6.92 Å². The van der Waals surface area contributed by atoms with E-state index in [-0.39, 0.29) is 43.3 Å². The number of hydrogen-bond acceptors (Lipinski definition) is 5. The quantitative estimate of drug-likeness (QED) is 0.508. The fourth-order valence-electron chi connectivity index (χ4n) is 6.70. The third-order valence-electron chi connectivity index (χ3n) is 8.83. The molecule has 6 rings (SSSR count). The SMILES string of the molecule is Cc1ccc2c(c1)C1(CCN(CCOc3cc4c(c(C(F)(F)F)c3)N(C3CC(C)(O)C3)C(=O)NC4)CC1)C(=O)N2. The van der Waals surface area contributed by atoms with E-state index < -0.39 is 34.8 Å². The number of fused-ring (bicyclic) bond motifs is 3. The second kappa shape index (κ2) is 9.37. The lowest BCUT2D eigenvalue weighted by atomic mass is 9.73. The number of aryl methyl sites for hydroxylation is 1. The highest BCUT2D eigenvalue weighted by atomic mass is 19.4. The van der Waals surface area contributed by atoms with Gasteiger partial charge in [0.25, 0.3) is 0 Å².